The van der Waals surface area contributed by atoms with E-state index < -0.39 is 5.97 Å². The van der Waals surface area contributed by atoms with Gasteiger partial charge in [0.05, 0.1) is 27.8 Å². The zero-order valence-electron chi connectivity index (χ0n) is 31.8. The Kier molecular flexibility index (Phi) is 10.3. The van der Waals surface area contributed by atoms with Gasteiger partial charge in [-0.05, 0) is 128 Å². The average Bonchev–Trinajstić information content (AvgIpc) is 3.18. The first-order chi connectivity index (χ1) is 26.7. The Hall–Kier alpha value is -5.22. The molecule has 0 aromatic heterocycles. The molecule has 4 aliphatic heterocycles. The van der Waals surface area contributed by atoms with E-state index in [1.807, 2.05) is 42.5 Å². The number of carbonyl (C=O) groups excluding carboxylic acids is 1. The van der Waals surface area contributed by atoms with Crippen LogP contribution in [0.25, 0.3) is 0 Å². The highest BCUT2D eigenvalue weighted by Gasteiger charge is 2.35. The molecule has 0 radical (unpaired) electrons. The standard InChI is InChI=1S/C45H45ClN2O7/c1-47-17-15-30-24-38(50-3)40-26-34(30)35(47)20-27-9-12-33(13-10-27)53-39-22-29(11-14-37(39)54-42(49)23-28-7-6-8-32(46)19-28)21-36-43-31(16-18-48(36)2)25-41(51-4)44(52-5)45(43)55-40/h6-14,19,22,24-26,35-36H,15-18,20-21,23H2,1-5H3/t35-,36+/m0/s1. The largest absolute Gasteiger partial charge is 0.493 e. The number of halogens is 1. The number of rotatable bonds is 6. The molecule has 0 aliphatic carbocycles. The molecular weight excluding hydrogens is 716 g/mol. The summed E-state index contributed by atoms with van der Waals surface area (Å²) in [4.78, 5) is 18.0. The predicted octanol–water partition coefficient (Wildman–Crippen LogP) is 8.96. The lowest BCUT2D eigenvalue weighted by Crippen LogP contribution is -2.34. The highest BCUT2D eigenvalue weighted by molar-refractivity contribution is 6.30. The van der Waals surface area contributed by atoms with E-state index in [9.17, 15) is 4.79 Å². The van der Waals surface area contributed by atoms with Crippen LogP contribution in [0.2, 0.25) is 5.02 Å². The number of carbonyl (C=O) groups is 1. The lowest BCUT2D eigenvalue weighted by molar-refractivity contribution is -0.133. The van der Waals surface area contributed by atoms with Crippen LogP contribution in [0.15, 0.2) is 84.9 Å². The third-order valence-electron chi connectivity index (χ3n) is 11.1. The number of hydrogen-bond acceptors (Lipinski definition) is 9. The fourth-order valence-electron chi connectivity index (χ4n) is 8.16. The van der Waals surface area contributed by atoms with Gasteiger partial charge in [0.2, 0.25) is 5.75 Å². The molecule has 9 nitrogen and oxygen atoms in total. The summed E-state index contributed by atoms with van der Waals surface area (Å²) in [6, 6.07) is 27.5. The quantitative estimate of drug-likeness (QED) is 0.125. The molecule has 6 bridgehead atoms. The van der Waals surface area contributed by atoms with Crippen molar-refractivity contribution >= 4 is 17.6 Å². The predicted molar refractivity (Wildman–Crippen MR) is 212 cm³/mol. The lowest BCUT2D eigenvalue weighted by Gasteiger charge is -2.37. The summed E-state index contributed by atoms with van der Waals surface area (Å²) in [6.45, 7) is 1.75. The van der Waals surface area contributed by atoms with Crippen LogP contribution in [-0.2, 0) is 36.9 Å². The van der Waals surface area contributed by atoms with Crippen LogP contribution in [0.3, 0.4) is 0 Å². The maximum atomic E-state index is 13.3. The van der Waals surface area contributed by atoms with Crippen LogP contribution in [0.5, 0.6) is 46.0 Å². The molecule has 284 valence electrons. The fraction of sp³-hybridized carbons (Fsp3) is 0.311. The van der Waals surface area contributed by atoms with Crippen molar-refractivity contribution in [2.75, 3.05) is 48.5 Å². The van der Waals surface area contributed by atoms with E-state index in [1.165, 1.54) is 11.1 Å². The van der Waals surface area contributed by atoms with Crippen molar-refractivity contribution < 1.29 is 33.2 Å². The molecular formula is C45H45ClN2O7. The zero-order chi connectivity index (χ0) is 38.2. The van der Waals surface area contributed by atoms with E-state index in [4.69, 9.17) is 40.0 Å². The molecule has 0 unspecified atom stereocenters. The molecule has 0 spiro atoms. The van der Waals surface area contributed by atoms with E-state index in [0.29, 0.717) is 57.4 Å². The maximum absolute atomic E-state index is 13.3. The van der Waals surface area contributed by atoms with Crippen molar-refractivity contribution in [3.8, 4) is 46.0 Å². The molecule has 2 atom stereocenters. The first-order valence-corrected chi connectivity index (χ1v) is 19.0. The molecule has 5 aromatic carbocycles. The lowest BCUT2D eigenvalue weighted by atomic mass is 9.87. The van der Waals surface area contributed by atoms with Crippen molar-refractivity contribution in [2.45, 2.75) is 44.2 Å². The third-order valence-corrected chi connectivity index (χ3v) is 11.3. The second kappa shape index (κ2) is 15.5. The van der Waals surface area contributed by atoms with Crippen LogP contribution >= 0.6 is 11.6 Å². The highest BCUT2D eigenvalue weighted by atomic mass is 35.5. The van der Waals surface area contributed by atoms with Gasteiger partial charge < -0.3 is 28.4 Å². The highest BCUT2D eigenvalue weighted by Crippen LogP contribution is 2.52. The first-order valence-electron chi connectivity index (χ1n) is 18.6. The Morgan fingerprint density at radius 1 is 0.727 bits per heavy atom. The molecule has 4 aliphatic rings. The minimum atomic E-state index is -0.414. The molecule has 0 N–H and O–H groups in total. The Balaban J connectivity index is 1.27. The summed E-state index contributed by atoms with van der Waals surface area (Å²) in [5.74, 6) is 4.05. The van der Waals surface area contributed by atoms with E-state index in [2.05, 4.69) is 54.2 Å². The van der Waals surface area contributed by atoms with Gasteiger partial charge in [-0.25, -0.2) is 0 Å². The van der Waals surface area contributed by atoms with Crippen LogP contribution in [0.1, 0.15) is 51.0 Å². The van der Waals surface area contributed by atoms with Gasteiger partial charge in [-0.3, -0.25) is 14.6 Å². The van der Waals surface area contributed by atoms with Gasteiger partial charge in [0.1, 0.15) is 5.75 Å². The van der Waals surface area contributed by atoms with Crippen LogP contribution in [0.4, 0.5) is 0 Å². The first kappa shape index (κ1) is 36.7. The molecule has 9 rings (SSSR count). The fourth-order valence-corrected chi connectivity index (χ4v) is 8.38. The maximum Gasteiger partial charge on any atom is 0.315 e. The Morgan fingerprint density at radius 2 is 1.42 bits per heavy atom. The number of nitrogens with zero attached hydrogens (tertiary/aromatic N) is 2. The van der Waals surface area contributed by atoms with Gasteiger partial charge in [-0.1, -0.05) is 41.9 Å². The number of likely N-dealkylation sites (N-methyl/N-ethyl adjacent to an activating group) is 2. The zero-order valence-corrected chi connectivity index (χ0v) is 32.6. The van der Waals surface area contributed by atoms with Crippen LogP contribution < -0.4 is 28.4 Å². The van der Waals surface area contributed by atoms with Crippen molar-refractivity contribution in [1.82, 2.24) is 9.80 Å². The SMILES string of the molecule is COc1cc2c3cc1Oc1c(OC)c(OC)cc4c1[C@@H](Cc1ccc(OC(=O)Cc5cccc(Cl)c5)c(c1)Oc1ccc(cc1)C[C@@H]3N(C)CC2)N(C)CC4. The minimum absolute atomic E-state index is 0.0678. The summed E-state index contributed by atoms with van der Waals surface area (Å²) in [5.41, 5.74) is 7.52. The number of esters is 1. The number of methoxy groups -OCH3 is 3. The Labute approximate surface area is 327 Å². The normalized spacial score (nSPS) is 17.9. The van der Waals surface area contributed by atoms with Crippen LogP contribution in [-0.4, -0.2) is 64.3 Å². The summed E-state index contributed by atoms with van der Waals surface area (Å²) in [6.07, 6.45) is 3.16. The van der Waals surface area contributed by atoms with Gasteiger partial charge >= 0.3 is 5.97 Å². The summed E-state index contributed by atoms with van der Waals surface area (Å²) < 4.78 is 37.6. The van der Waals surface area contributed by atoms with E-state index in [0.717, 1.165) is 60.2 Å². The van der Waals surface area contributed by atoms with Gasteiger partial charge in [0.15, 0.2) is 34.5 Å². The average molecular weight is 761 g/mol. The minimum Gasteiger partial charge on any atom is -0.493 e. The molecule has 0 saturated heterocycles. The molecule has 10 heteroatoms. The summed E-state index contributed by atoms with van der Waals surface area (Å²) >= 11 is 6.19. The number of hydrogen-bond donors (Lipinski definition) is 0. The summed E-state index contributed by atoms with van der Waals surface area (Å²) in [5, 5.41) is 0.565. The number of ether oxygens (including phenoxy) is 6. The van der Waals surface area contributed by atoms with Crippen molar-refractivity contribution in [1.29, 1.82) is 0 Å². The van der Waals surface area contributed by atoms with Gasteiger partial charge in [-0.2, -0.15) is 0 Å². The second-order valence-corrected chi connectivity index (χ2v) is 15.0. The molecule has 4 heterocycles. The van der Waals surface area contributed by atoms with Gasteiger partial charge in [0.25, 0.3) is 0 Å². The van der Waals surface area contributed by atoms with E-state index in [1.54, 1.807) is 33.5 Å². The van der Waals surface area contributed by atoms with Crippen molar-refractivity contribution in [3.05, 3.63) is 129 Å². The van der Waals surface area contributed by atoms with Crippen molar-refractivity contribution in [3.63, 3.8) is 0 Å². The topological polar surface area (TPSA) is 78.9 Å². The molecule has 0 amide bonds. The molecule has 5 aromatic rings. The van der Waals surface area contributed by atoms with Crippen LogP contribution in [0, 0.1) is 0 Å². The van der Waals surface area contributed by atoms with Gasteiger partial charge in [0, 0.05) is 35.8 Å². The van der Waals surface area contributed by atoms with Gasteiger partial charge in [-0.15, -0.1) is 0 Å². The Bertz CT molecular complexity index is 2240. The third kappa shape index (κ3) is 7.44. The van der Waals surface area contributed by atoms with Crippen molar-refractivity contribution in [2.24, 2.45) is 0 Å². The number of benzene rings is 5. The smallest absolute Gasteiger partial charge is 0.315 e. The molecule has 0 saturated carbocycles. The van der Waals surface area contributed by atoms with E-state index >= 15 is 0 Å². The monoisotopic (exact) mass is 760 g/mol. The molecule has 0 fully saturated rings. The van der Waals surface area contributed by atoms with E-state index in [-0.39, 0.29) is 18.5 Å². The Morgan fingerprint density at radius 3 is 2.16 bits per heavy atom. The number of fused-ring (bicyclic) bond motifs is 2. The molecule has 55 heavy (non-hydrogen) atoms. The second-order valence-electron chi connectivity index (χ2n) is 14.5. The summed E-state index contributed by atoms with van der Waals surface area (Å²) in [7, 11) is 9.29.